The van der Waals surface area contributed by atoms with Crippen LogP contribution in [0.2, 0.25) is 0 Å². The van der Waals surface area contributed by atoms with Crippen LogP contribution in [0.3, 0.4) is 0 Å². The van der Waals surface area contributed by atoms with Gasteiger partial charge in [0.25, 0.3) is 0 Å². The maximum absolute atomic E-state index is 13.3. The van der Waals surface area contributed by atoms with Gasteiger partial charge in [0, 0.05) is 52.0 Å². The van der Waals surface area contributed by atoms with Gasteiger partial charge in [-0.15, -0.1) is 0 Å². The lowest BCUT2D eigenvalue weighted by Crippen LogP contribution is -2.49. The van der Waals surface area contributed by atoms with Crippen molar-refractivity contribution in [3.05, 3.63) is 35.9 Å². The van der Waals surface area contributed by atoms with E-state index < -0.39 is 0 Å². The second-order valence-electron chi connectivity index (χ2n) is 9.62. The van der Waals surface area contributed by atoms with Gasteiger partial charge in [-0.1, -0.05) is 30.3 Å². The standard InChI is InChI=1S/C26H39N3O5/c1-2-33-26(31)27-12-8-23(9-13-27)28-17-24(34-20-22-6-4-3-5-7-22)18-29(25(30)19-28)16-21-10-14-32-15-11-21/h3-7,21,23-24H,2,8-20H2,1H3. The Morgan fingerprint density at radius 1 is 1.06 bits per heavy atom. The van der Waals surface area contributed by atoms with Crippen LogP contribution in [0.1, 0.15) is 38.2 Å². The third-order valence-corrected chi connectivity index (χ3v) is 7.21. The molecule has 34 heavy (non-hydrogen) atoms. The number of piperidine rings is 1. The number of hydrogen-bond donors (Lipinski definition) is 0. The molecule has 3 aliphatic rings. The van der Waals surface area contributed by atoms with Gasteiger partial charge in [-0.05, 0) is 44.1 Å². The number of rotatable bonds is 7. The van der Waals surface area contributed by atoms with Crippen LogP contribution in [0.15, 0.2) is 30.3 Å². The number of benzene rings is 1. The molecule has 1 atom stereocenters. The highest BCUT2D eigenvalue weighted by molar-refractivity contribution is 5.78. The SMILES string of the molecule is CCOC(=O)N1CCC(N2CC(=O)N(CC3CCOCC3)CC(OCc3ccccc3)C2)CC1. The molecule has 3 heterocycles. The summed E-state index contributed by atoms with van der Waals surface area (Å²) in [5.74, 6) is 0.678. The third kappa shape index (κ3) is 6.93. The molecule has 0 N–H and O–H groups in total. The van der Waals surface area contributed by atoms with Gasteiger partial charge in [0.1, 0.15) is 0 Å². The summed E-state index contributed by atoms with van der Waals surface area (Å²) in [5, 5.41) is 0. The summed E-state index contributed by atoms with van der Waals surface area (Å²) in [5.41, 5.74) is 1.14. The predicted octanol–water partition coefficient (Wildman–Crippen LogP) is 2.76. The molecule has 8 heteroatoms. The average Bonchev–Trinajstić information content (AvgIpc) is 3.03. The van der Waals surface area contributed by atoms with Gasteiger partial charge < -0.3 is 24.0 Å². The van der Waals surface area contributed by atoms with Crippen LogP contribution in [-0.2, 0) is 25.6 Å². The van der Waals surface area contributed by atoms with E-state index in [-0.39, 0.29) is 24.1 Å². The summed E-state index contributed by atoms with van der Waals surface area (Å²) in [6.07, 6.45) is 3.42. The Hall–Kier alpha value is -2.16. The average molecular weight is 474 g/mol. The number of nitrogens with zero attached hydrogens (tertiary/aromatic N) is 3. The second kappa shape index (κ2) is 12.5. The number of amides is 2. The molecule has 3 aliphatic heterocycles. The van der Waals surface area contributed by atoms with Crippen molar-refractivity contribution >= 4 is 12.0 Å². The van der Waals surface area contributed by atoms with Crippen molar-refractivity contribution in [1.82, 2.24) is 14.7 Å². The van der Waals surface area contributed by atoms with Crippen LogP contribution in [0.25, 0.3) is 0 Å². The van der Waals surface area contributed by atoms with Crippen molar-refractivity contribution in [3.8, 4) is 0 Å². The first-order valence-electron chi connectivity index (χ1n) is 12.8. The highest BCUT2D eigenvalue weighted by Gasteiger charge is 2.35. The second-order valence-corrected chi connectivity index (χ2v) is 9.62. The largest absolute Gasteiger partial charge is 0.450 e. The van der Waals surface area contributed by atoms with E-state index >= 15 is 0 Å². The molecule has 1 aromatic rings. The number of carbonyl (C=O) groups is 2. The molecule has 8 nitrogen and oxygen atoms in total. The summed E-state index contributed by atoms with van der Waals surface area (Å²) in [6, 6.07) is 10.5. The van der Waals surface area contributed by atoms with Crippen LogP contribution in [0.4, 0.5) is 4.79 Å². The monoisotopic (exact) mass is 473 g/mol. The Kier molecular flexibility index (Phi) is 9.18. The molecule has 0 bridgehead atoms. The quantitative estimate of drug-likeness (QED) is 0.607. The molecule has 0 spiro atoms. The Morgan fingerprint density at radius 3 is 2.50 bits per heavy atom. The van der Waals surface area contributed by atoms with E-state index in [1.807, 2.05) is 30.0 Å². The molecular weight excluding hydrogens is 434 g/mol. The number of ether oxygens (including phenoxy) is 3. The van der Waals surface area contributed by atoms with Crippen LogP contribution < -0.4 is 0 Å². The summed E-state index contributed by atoms with van der Waals surface area (Å²) in [6.45, 7) is 8.20. The first-order valence-corrected chi connectivity index (χ1v) is 12.8. The minimum atomic E-state index is -0.236. The highest BCUT2D eigenvalue weighted by Crippen LogP contribution is 2.23. The van der Waals surface area contributed by atoms with Gasteiger partial charge in [-0.2, -0.15) is 0 Å². The van der Waals surface area contributed by atoms with E-state index in [0.717, 1.165) is 57.6 Å². The molecule has 1 aromatic carbocycles. The Labute approximate surface area is 203 Å². The molecule has 0 saturated carbocycles. The van der Waals surface area contributed by atoms with Gasteiger partial charge in [0.2, 0.25) is 5.91 Å². The molecule has 4 rings (SSSR count). The number of hydrogen-bond acceptors (Lipinski definition) is 6. The zero-order valence-corrected chi connectivity index (χ0v) is 20.4. The van der Waals surface area contributed by atoms with Crippen molar-refractivity contribution in [1.29, 1.82) is 0 Å². The van der Waals surface area contributed by atoms with E-state index in [2.05, 4.69) is 17.0 Å². The Balaban J connectivity index is 1.40. The van der Waals surface area contributed by atoms with Crippen LogP contribution >= 0.6 is 0 Å². The fraction of sp³-hybridized carbons (Fsp3) is 0.692. The molecule has 3 saturated heterocycles. The molecular formula is C26H39N3O5. The van der Waals surface area contributed by atoms with Gasteiger partial charge in [0.15, 0.2) is 0 Å². The fourth-order valence-corrected chi connectivity index (χ4v) is 5.22. The lowest BCUT2D eigenvalue weighted by atomic mass is 9.99. The predicted molar refractivity (Wildman–Crippen MR) is 128 cm³/mol. The van der Waals surface area contributed by atoms with E-state index in [1.54, 1.807) is 4.90 Å². The van der Waals surface area contributed by atoms with Crippen molar-refractivity contribution in [3.63, 3.8) is 0 Å². The van der Waals surface area contributed by atoms with Crippen LogP contribution in [0, 0.1) is 5.92 Å². The van der Waals surface area contributed by atoms with Gasteiger partial charge in [-0.25, -0.2) is 4.79 Å². The van der Waals surface area contributed by atoms with Crippen molar-refractivity contribution < 1.29 is 23.8 Å². The normalized spacial score (nSPS) is 23.7. The van der Waals surface area contributed by atoms with Gasteiger partial charge >= 0.3 is 6.09 Å². The lowest BCUT2D eigenvalue weighted by Gasteiger charge is -2.38. The first-order chi connectivity index (χ1) is 16.6. The molecule has 188 valence electrons. The van der Waals surface area contributed by atoms with Crippen LogP contribution in [-0.4, -0.2) is 97.9 Å². The Bertz CT molecular complexity index is 778. The van der Waals surface area contributed by atoms with E-state index in [0.29, 0.717) is 45.3 Å². The van der Waals surface area contributed by atoms with Crippen molar-refractivity contribution in [2.24, 2.45) is 5.92 Å². The van der Waals surface area contributed by atoms with E-state index in [4.69, 9.17) is 14.2 Å². The summed E-state index contributed by atoms with van der Waals surface area (Å²) in [4.78, 5) is 31.5. The zero-order valence-electron chi connectivity index (χ0n) is 20.4. The molecule has 0 aliphatic carbocycles. The minimum Gasteiger partial charge on any atom is -0.450 e. The molecule has 2 amide bonds. The zero-order chi connectivity index (χ0) is 23.8. The topological polar surface area (TPSA) is 71.6 Å². The van der Waals surface area contributed by atoms with E-state index in [1.165, 1.54) is 0 Å². The summed E-state index contributed by atoms with van der Waals surface area (Å²) < 4.78 is 17.1. The van der Waals surface area contributed by atoms with Gasteiger partial charge in [0.05, 0.1) is 25.9 Å². The number of carbonyl (C=O) groups excluding carboxylic acids is 2. The maximum Gasteiger partial charge on any atom is 0.409 e. The van der Waals surface area contributed by atoms with Crippen molar-refractivity contribution in [2.75, 3.05) is 59.1 Å². The first kappa shape index (κ1) is 24.9. The summed E-state index contributed by atoms with van der Waals surface area (Å²) in [7, 11) is 0. The Morgan fingerprint density at radius 2 is 1.79 bits per heavy atom. The smallest absolute Gasteiger partial charge is 0.409 e. The molecule has 1 unspecified atom stereocenters. The van der Waals surface area contributed by atoms with Gasteiger partial charge in [-0.3, -0.25) is 9.69 Å². The highest BCUT2D eigenvalue weighted by atomic mass is 16.6. The molecule has 3 fully saturated rings. The fourth-order valence-electron chi connectivity index (χ4n) is 5.22. The van der Waals surface area contributed by atoms with Crippen molar-refractivity contribution in [2.45, 2.75) is 51.4 Å². The van der Waals surface area contributed by atoms with Crippen LogP contribution in [0.5, 0.6) is 0 Å². The third-order valence-electron chi connectivity index (χ3n) is 7.21. The summed E-state index contributed by atoms with van der Waals surface area (Å²) >= 11 is 0. The lowest BCUT2D eigenvalue weighted by molar-refractivity contribution is -0.133. The maximum atomic E-state index is 13.3. The number of likely N-dealkylation sites (tertiary alicyclic amines) is 1. The molecule has 0 aromatic heterocycles. The van der Waals surface area contributed by atoms with E-state index in [9.17, 15) is 9.59 Å². The molecule has 0 radical (unpaired) electrons. The minimum absolute atomic E-state index is 0.0467.